The van der Waals surface area contributed by atoms with Crippen molar-refractivity contribution < 1.29 is 29.0 Å². The van der Waals surface area contributed by atoms with Crippen molar-refractivity contribution in [3.8, 4) is 0 Å². The number of ketones is 1. The van der Waals surface area contributed by atoms with Gasteiger partial charge in [0, 0.05) is 23.1 Å². The maximum atomic E-state index is 12.5. The van der Waals surface area contributed by atoms with Crippen molar-refractivity contribution in [1.29, 1.82) is 0 Å². The van der Waals surface area contributed by atoms with Crippen LogP contribution in [0.2, 0.25) is 0 Å². The fourth-order valence-corrected chi connectivity index (χ4v) is 4.05. The maximum Gasteiger partial charge on any atom is 0.334 e. The number of hydrogen-bond acceptors (Lipinski definition) is 6. The average molecular weight is 358 g/mol. The normalized spacial score (nSPS) is 33.2. The Balaban J connectivity index is 2.11. The number of carbonyl (C=O) groups excluding carboxylic acids is 3. The standard InChI is InChI=1S/C20H22O6/c1-8(2)6-13(22)25-18-10(4)15-12(21)7-9(3)14(15)17(23)16-11(5)20(24)26-19(16)18/h6-7,14,16-19,23H,5H2,1-4H3/t14-,16+,17+,18-,19+/m0/s1. The molecular weight excluding hydrogens is 336 g/mol. The lowest BCUT2D eigenvalue weighted by Gasteiger charge is -2.28. The average Bonchev–Trinajstić information content (AvgIpc) is 2.96. The zero-order valence-corrected chi connectivity index (χ0v) is 15.2. The van der Waals surface area contributed by atoms with Crippen molar-refractivity contribution >= 4 is 17.7 Å². The van der Waals surface area contributed by atoms with Gasteiger partial charge >= 0.3 is 11.9 Å². The first kappa shape index (κ1) is 18.3. The minimum Gasteiger partial charge on any atom is -0.454 e. The summed E-state index contributed by atoms with van der Waals surface area (Å²) in [5, 5.41) is 10.9. The second-order valence-corrected chi connectivity index (χ2v) is 7.32. The Kier molecular flexibility index (Phi) is 4.48. The van der Waals surface area contributed by atoms with Gasteiger partial charge < -0.3 is 14.6 Å². The van der Waals surface area contributed by atoms with Gasteiger partial charge in [0.05, 0.1) is 12.0 Å². The van der Waals surface area contributed by atoms with Crippen LogP contribution >= 0.6 is 0 Å². The molecule has 0 aromatic rings. The largest absolute Gasteiger partial charge is 0.454 e. The molecule has 6 nitrogen and oxygen atoms in total. The lowest BCUT2D eigenvalue weighted by atomic mass is 9.81. The van der Waals surface area contributed by atoms with Crippen LogP contribution in [-0.4, -0.2) is 41.1 Å². The molecule has 6 heteroatoms. The molecule has 1 N–H and O–H groups in total. The molecule has 3 aliphatic rings. The third-order valence-corrected chi connectivity index (χ3v) is 5.20. The zero-order valence-electron chi connectivity index (χ0n) is 15.2. The van der Waals surface area contributed by atoms with Gasteiger partial charge in [-0.05, 0) is 39.3 Å². The van der Waals surface area contributed by atoms with E-state index in [1.165, 1.54) is 12.2 Å². The second kappa shape index (κ2) is 6.36. The summed E-state index contributed by atoms with van der Waals surface area (Å²) >= 11 is 0. The molecule has 0 aromatic carbocycles. The number of allylic oxidation sites excluding steroid dienone is 2. The van der Waals surface area contributed by atoms with Gasteiger partial charge in [-0.25, -0.2) is 9.59 Å². The Morgan fingerprint density at radius 2 is 1.96 bits per heavy atom. The van der Waals surface area contributed by atoms with Gasteiger partial charge in [-0.1, -0.05) is 17.7 Å². The monoisotopic (exact) mass is 358 g/mol. The first-order valence-electron chi connectivity index (χ1n) is 8.50. The number of aliphatic hydroxyl groups is 1. The zero-order chi connectivity index (χ0) is 19.3. The van der Waals surface area contributed by atoms with Gasteiger partial charge in [-0.3, -0.25) is 4.79 Å². The number of rotatable bonds is 2. The van der Waals surface area contributed by atoms with E-state index in [4.69, 9.17) is 9.47 Å². The highest BCUT2D eigenvalue weighted by molar-refractivity contribution is 6.09. The van der Waals surface area contributed by atoms with Crippen LogP contribution in [0.25, 0.3) is 0 Å². The first-order valence-corrected chi connectivity index (χ1v) is 8.50. The van der Waals surface area contributed by atoms with Crippen molar-refractivity contribution in [2.45, 2.75) is 46.0 Å². The molecule has 0 radical (unpaired) electrons. The fraction of sp³-hybridized carbons (Fsp3) is 0.450. The number of carbonyl (C=O) groups is 3. The molecule has 5 atom stereocenters. The molecule has 0 amide bonds. The Morgan fingerprint density at radius 3 is 2.58 bits per heavy atom. The molecule has 3 rings (SSSR count). The van der Waals surface area contributed by atoms with E-state index < -0.39 is 42.1 Å². The van der Waals surface area contributed by atoms with Gasteiger partial charge in [0.15, 0.2) is 18.0 Å². The van der Waals surface area contributed by atoms with Crippen molar-refractivity contribution in [3.63, 3.8) is 0 Å². The molecule has 0 unspecified atom stereocenters. The van der Waals surface area contributed by atoms with Crippen LogP contribution in [0.5, 0.6) is 0 Å². The van der Waals surface area contributed by atoms with Crippen LogP contribution < -0.4 is 0 Å². The molecule has 0 aromatic heterocycles. The summed E-state index contributed by atoms with van der Waals surface area (Å²) < 4.78 is 11.0. The summed E-state index contributed by atoms with van der Waals surface area (Å²) in [6.07, 6.45) is -0.110. The maximum absolute atomic E-state index is 12.5. The SMILES string of the molecule is C=C1C(=O)O[C@@H]2[C@H]1[C@H](O)[C@H]1C(C)=CC(=O)C1=C(C)[C@@H]2OC(=O)C=C(C)C. The van der Waals surface area contributed by atoms with E-state index in [1.54, 1.807) is 27.7 Å². The van der Waals surface area contributed by atoms with Gasteiger partial charge in [-0.2, -0.15) is 0 Å². The molecule has 0 saturated carbocycles. The van der Waals surface area contributed by atoms with Crippen molar-refractivity contribution in [2.75, 3.05) is 0 Å². The third kappa shape index (κ3) is 2.74. The highest BCUT2D eigenvalue weighted by Crippen LogP contribution is 2.47. The van der Waals surface area contributed by atoms with Crippen LogP contribution in [0.15, 0.2) is 46.6 Å². The Hall–Kier alpha value is -2.47. The predicted octanol–water partition coefficient (Wildman–Crippen LogP) is 1.80. The smallest absolute Gasteiger partial charge is 0.334 e. The van der Waals surface area contributed by atoms with Gasteiger partial charge in [0.2, 0.25) is 0 Å². The molecule has 1 heterocycles. The second-order valence-electron chi connectivity index (χ2n) is 7.32. The van der Waals surface area contributed by atoms with Crippen LogP contribution in [0.4, 0.5) is 0 Å². The number of esters is 2. The van der Waals surface area contributed by atoms with E-state index in [1.807, 2.05) is 0 Å². The lowest BCUT2D eigenvalue weighted by molar-refractivity contribution is -0.156. The summed E-state index contributed by atoms with van der Waals surface area (Å²) in [5.74, 6) is -2.74. The highest BCUT2D eigenvalue weighted by Gasteiger charge is 2.55. The molecule has 2 aliphatic carbocycles. The van der Waals surface area contributed by atoms with Crippen molar-refractivity contribution in [1.82, 2.24) is 0 Å². The number of ether oxygens (including phenoxy) is 2. The summed E-state index contributed by atoms with van der Waals surface area (Å²) in [6.45, 7) is 10.7. The minimum absolute atomic E-state index is 0.131. The molecule has 138 valence electrons. The third-order valence-electron chi connectivity index (χ3n) is 5.20. The van der Waals surface area contributed by atoms with E-state index in [9.17, 15) is 19.5 Å². The quantitative estimate of drug-likeness (QED) is 0.598. The van der Waals surface area contributed by atoms with Crippen LogP contribution in [-0.2, 0) is 23.9 Å². The Morgan fingerprint density at radius 1 is 1.31 bits per heavy atom. The van der Waals surface area contributed by atoms with E-state index in [2.05, 4.69) is 6.58 Å². The highest BCUT2D eigenvalue weighted by atomic mass is 16.6. The van der Waals surface area contributed by atoms with Crippen LogP contribution in [0.1, 0.15) is 27.7 Å². The number of aliphatic hydroxyl groups excluding tert-OH is 1. The van der Waals surface area contributed by atoms with Crippen LogP contribution in [0, 0.1) is 11.8 Å². The van der Waals surface area contributed by atoms with Crippen molar-refractivity contribution in [2.24, 2.45) is 11.8 Å². The molecule has 26 heavy (non-hydrogen) atoms. The van der Waals surface area contributed by atoms with Gasteiger partial charge in [-0.15, -0.1) is 0 Å². The summed E-state index contributed by atoms with van der Waals surface area (Å²) in [5.41, 5.74) is 2.50. The Bertz CT molecular complexity index is 808. The van der Waals surface area contributed by atoms with E-state index in [0.29, 0.717) is 16.7 Å². The van der Waals surface area contributed by atoms with Gasteiger partial charge in [0.1, 0.15) is 0 Å². The summed E-state index contributed by atoms with van der Waals surface area (Å²) in [7, 11) is 0. The molecule has 0 spiro atoms. The van der Waals surface area contributed by atoms with Crippen LogP contribution in [0.3, 0.4) is 0 Å². The number of fused-ring (bicyclic) bond motifs is 2. The van der Waals surface area contributed by atoms with E-state index in [0.717, 1.165) is 5.57 Å². The number of hydrogen-bond donors (Lipinski definition) is 1. The van der Waals surface area contributed by atoms with Crippen molar-refractivity contribution in [3.05, 3.63) is 46.6 Å². The van der Waals surface area contributed by atoms with Gasteiger partial charge in [0.25, 0.3) is 0 Å². The first-order chi connectivity index (χ1) is 12.1. The Labute approximate surface area is 151 Å². The molecule has 1 aliphatic heterocycles. The summed E-state index contributed by atoms with van der Waals surface area (Å²) in [4.78, 5) is 36.7. The molecule has 1 saturated heterocycles. The topological polar surface area (TPSA) is 89.9 Å². The summed E-state index contributed by atoms with van der Waals surface area (Å²) in [6, 6.07) is 0. The molecular formula is C20H22O6. The lowest BCUT2D eigenvalue weighted by Crippen LogP contribution is -2.40. The molecule has 1 fully saturated rings. The molecule has 0 bridgehead atoms. The van der Waals surface area contributed by atoms with E-state index in [-0.39, 0.29) is 11.4 Å². The predicted molar refractivity (Wildman–Crippen MR) is 92.8 cm³/mol. The van der Waals surface area contributed by atoms with E-state index >= 15 is 0 Å². The fourth-order valence-electron chi connectivity index (χ4n) is 4.05. The minimum atomic E-state index is -1.06.